The minimum Gasteiger partial charge on any atom is -0.458 e. The van der Waals surface area contributed by atoms with Crippen LogP contribution in [0.15, 0.2) is 11.0 Å². The number of rotatable bonds is 2. The summed E-state index contributed by atoms with van der Waals surface area (Å²) in [6.07, 6.45) is 2.64. The first kappa shape index (κ1) is 27.0. The zero-order valence-corrected chi connectivity index (χ0v) is 22.0. The SMILES string of the molecule is C/C(=C\c1csc(C)n1)[C@@H]1C[C@@H]2N[C@@H]2CCC[C@H](C)[C@H](O)[C@@H](C)C(=O)C(C)(C)[C@@H](O)CC(=O)O1. The monoisotopic (exact) mass is 492 g/mol. The van der Waals surface area contributed by atoms with Crippen LogP contribution in [0.1, 0.15) is 77.4 Å². The number of aliphatic hydroxyl groups excluding tert-OH is 2. The van der Waals surface area contributed by atoms with Crippen molar-refractivity contribution >= 4 is 29.2 Å². The summed E-state index contributed by atoms with van der Waals surface area (Å²) < 4.78 is 5.86. The molecule has 2 aliphatic heterocycles. The zero-order valence-electron chi connectivity index (χ0n) is 21.2. The summed E-state index contributed by atoms with van der Waals surface area (Å²) >= 11 is 1.57. The Balaban J connectivity index is 1.81. The molecule has 190 valence electrons. The van der Waals surface area contributed by atoms with Crippen molar-refractivity contribution in [2.24, 2.45) is 17.3 Å². The van der Waals surface area contributed by atoms with Gasteiger partial charge in [0.05, 0.1) is 34.7 Å². The molecule has 0 radical (unpaired) electrons. The summed E-state index contributed by atoms with van der Waals surface area (Å²) in [4.78, 5) is 30.5. The number of hydrogen-bond donors (Lipinski definition) is 3. The highest BCUT2D eigenvalue weighted by Crippen LogP contribution is 2.33. The number of ether oxygens (including phenoxy) is 1. The molecule has 0 saturated carbocycles. The van der Waals surface area contributed by atoms with E-state index in [1.165, 1.54) is 0 Å². The quantitative estimate of drug-likeness (QED) is 0.426. The lowest BCUT2D eigenvalue weighted by molar-refractivity contribution is -0.154. The molecule has 2 aliphatic rings. The molecule has 8 heteroatoms. The van der Waals surface area contributed by atoms with E-state index in [4.69, 9.17) is 4.74 Å². The highest BCUT2D eigenvalue weighted by Gasteiger charge is 2.43. The Morgan fingerprint density at radius 2 is 1.94 bits per heavy atom. The smallest absolute Gasteiger partial charge is 0.309 e. The molecule has 0 amide bonds. The van der Waals surface area contributed by atoms with E-state index in [1.54, 1.807) is 32.1 Å². The lowest BCUT2D eigenvalue weighted by Gasteiger charge is -2.34. The first-order valence-corrected chi connectivity index (χ1v) is 13.2. The van der Waals surface area contributed by atoms with Gasteiger partial charge in [-0.3, -0.25) is 9.59 Å². The van der Waals surface area contributed by atoms with E-state index in [2.05, 4.69) is 10.3 Å². The fraction of sp³-hybridized carbons (Fsp3) is 0.731. The Hall–Kier alpha value is -1.61. The van der Waals surface area contributed by atoms with Crippen LogP contribution >= 0.6 is 11.3 Å². The molecular formula is C26H40N2O5S. The third-order valence-corrected chi connectivity index (χ3v) is 8.37. The second kappa shape index (κ2) is 11.0. The summed E-state index contributed by atoms with van der Waals surface area (Å²) in [6, 6.07) is 0.615. The summed E-state index contributed by atoms with van der Waals surface area (Å²) in [6.45, 7) is 10.8. The van der Waals surface area contributed by atoms with E-state index in [9.17, 15) is 19.8 Å². The Morgan fingerprint density at radius 3 is 2.59 bits per heavy atom. The number of nitrogens with one attached hydrogen (secondary N) is 1. The van der Waals surface area contributed by atoms with Crippen LogP contribution in [0, 0.1) is 24.2 Å². The number of aliphatic hydroxyl groups is 2. The summed E-state index contributed by atoms with van der Waals surface area (Å²) in [5.74, 6) is -1.43. The first-order valence-electron chi connectivity index (χ1n) is 12.4. The molecule has 0 spiro atoms. The maximum absolute atomic E-state index is 13.2. The van der Waals surface area contributed by atoms with Crippen LogP contribution in [0.4, 0.5) is 0 Å². The molecular weight excluding hydrogens is 452 g/mol. The van der Waals surface area contributed by atoms with E-state index in [1.807, 2.05) is 32.2 Å². The maximum atomic E-state index is 13.2. The Bertz CT molecular complexity index is 911. The molecule has 3 N–H and O–H groups in total. The molecule has 3 heterocycles. The number of thiazole rings is 1. The minimum atomic E-state index is -1.21. The molecule has 34 heavy (non-hydrogen) atoms. The van der Waals surface area contributed by atoms with Gasteiger partial charge in [-0.05, 0) is 44.3 Å². The number of carbonyl (C=O) groups excluding carboxylic acids is 2. The molecule has 0 aromatic carbocycles. The summed E-state index contributed by atoms with van der Waals surface area (Å²) in [7, 11) is 0. The van der Waals surface area contributed by atoms with Crippen LogP contribution in [0.5, 0.6) is 0 Å². The molecule has 0 unspecified atom stereocenters. The largest absolute Gasteiger partial charge is 0.458 e. The van der Waals surface area contributed by atoms with Crippen molar-refractivity contribution in [3.63, 3.8) is 0 Å². The summed E-state index contributed by atoms with van der Waals surface area (Å²) in [5.41, 5.74) is 0.567. The number of ketones is 1. The van der Waals surface area contributed by atoms with Gasteiger partial charge in [0.2, 0.25) is 0 Å². The average molecular weight is 493 g/mol. The van der Waals surface area contributed by atoms with E-state index in [0.717, 1.165) is 35.5 Å². The number of cyclic esters (lactones) is 1. The third-order valence-electron chi connectivity index (χ3n) is 7.58. The van der Waals surface area contributed by atoms with Crippen LogP contribution in [0.3, 0.4) is 0 Å². The van der Waals surface area contributed by atoms with E-state index in [-0.39, 0.29) is 24.2 Å². The van der Waals surface area contributed by atoms with Crippen LogP contribution in [-0.2, 0) is 14.3 Å². The van der Waals surface area contributed by atoms with Crippen molar-refractivity contribution in [1.29, 1.82) is 0 Å². The topological polar surface area (TPSA) is 119 Å². The molecule has 3 rings (SSSR count). The van der Waals surface area contributed by atoms with Gasteiger partial charge >= 0.3 is 5.97 Å². The summed E-state index contributed by atoms with van der Waals surface area (Å²) in [5, 5.41) is 28.1. The zero-order chi connectivity index (χ0) is 25.2. The predicted molar refractivity (Wildman–Crippen MR) is 133 cm³/mol. The third kappa shape index (κ3) is 6.53. The van der Waals surface area contributed by atoms with Gasteiger partial charge in [-0.1, -0.05) is 34.1 Å². The first-order chi connectivity index (χ1) is 15.9. The molecule has 7 nitrogen and oxygen atoms in total. The Labute approximate surface area is 207 Å². The lowest BCUT2D eigenvalue weighted by Crippen LogP contribution is -2.45. The number of carbonyl (C=O) groups is 2. The van der Waals surface area contributed by atoms with Crippen molar-refractivity contribution < 1.29 is 24.5 Å². The van der Waals surface area contributed by atoms with Crippen molar-refractivity contribution in [2.45, 2.75) is 104 Å². The molecule has 2 fully saturated rings. The van der Waals surface area contributed by atoms with Gasteiger partial charge in [-0.15, -0.1) is 11.3 Å². The van der Waals surface area contributed by atoms with Gasteiger partial charge in [-0.2, -0.15) is 0 Å². The van der Waals surface area contributed by atoms with Crippen molar-refractivity contribution in [3.8, 4) is 0 Å². The minimum absolute atomic E-state index is 0.0264. The van der Waals surface area contributed by atoms with Gasteiger partial charge in [0.1, 0.15) is 11.9 Å². The van der Waals surface area contributed by atoms with Gasteiger partial charge in [0.15, 0.2) is 0 Å². The Kier molecular flexibility index (Phi) is 8.71. The van der Waals surface area contributed by atoms with E-state index >= 15 is 0 Å². The van der Waals surface area contributed by atoms with Crippen molar-refractivity contribution in [2.75, 3.05) is 0 Å². The van der Waals surface area contributed by atoms with E-state index < -0.39 is 35.6 Å². The number of nitrogens with zero attached hydrogens (tertiary/aromatic N) is 1. The molecule has 1 aromatic heterocycles. The normalized spacial score (nSPS) is 36.0. The maximum Gasteiger partial charge on any atom is 0.309 e. The molecule has 2 saturated heterocycles. The number of hydrogen-bond acceptors (Lipinski definition) is 8. The van der Waals surface area contributed by atoms with Crippen LogP contribution < -0.4 is 5.32 Å². The standard InChI is InChI=1S/C26H40N2O5S/c1-14-8-7-9-19-20(28-19)11-21(15(2)10-18-13-34-17(4)27-18)33-23(30)12-22(29)26(5,6)25(32)16(3)24(14)31/h10,13-14,16,19-22,24,28-29,31H,7-9,11-12H2,1-6H3/b15-10+/t14-,16+,19+,20-,21-,22-,24-/m0/s1. The predicted octanol–water partition coefficient (Wildman–Crippen LogP) is 3.66. The van der Waals surface area contributed by atoms with Gasteiger partial charge in [0.25, 0.3) is 0 Å². The number of aryl methyl sites for hydroxylation is 1. The lowest BCUT2D eigenvalue weighted by atomic mass is 9.73. The molecule has 7 atom stereocenters. The number of fused-ring (bicyclic) bond motifs is 1. The average Bonchev–Trinajstić information content (AvgIpc) is 3.38. The van der Waals surface area contributed by atoms with Crippen molar-refractivity contribution in [3.05, 3.63) is 21.7 Å². The van der Waals surface area contributed by atoms with Crippen LogP contribution in [0.2, 0.25) is 0 Å². The number of Topliss-reactive ketones (excluding diaryl/α,β-unsaturated/α-hetero) is 1. The molecule has 0 aliphatic carbocycles. The molecule has 1 aromatic rings. The number of esters is 1. The molecule has 0 bridgehead atoms. The number of aromatic nitrogens is 1. The Morgan fingerprint density at radius 1 is 1.24 bits per heavy atom. The fourth-order valence-corrected chi connectivity index (χ4v) is 5.49. The van der Waals surface area contributed by atoms with Crippen LogP contribution in [-0.4, -0.2) is 57.3 Å². The van der Waals surface area contributed by atoms with Crippen molar-refractivity contribution in [1.82, 2.24) is 10.3 Å². The highest BCUT2D eigenvalue weighted by atomic mass is 32.1. The second-order valence-electron chi connectivity index (χ2n) is 10.8. The van der Waals surface area contributed by atoms with Crippen LogP contribution in [0.25, 0.3) is 6.08 Å². The van der Waals surface area contributed by atoms with Gasteiger partial charge in [0, 0.05) is 29.8 Å². The second-order valence-corrected chi connectivity index (χ2v) is 11.8. The van der Waals surface area contributed by atoms with Gasteiger partial charge < -0.3 is 20.3 Å². The fourth-order valence-electron chi connectivity index (χ4n) is 4.92. The van der Waals surface area contributed by atoms with E-state index in [0.29, 0.717) is 12.5 Å². The highest BCUT2D eigenvalue weighted by molar-refractivity contribution is 7.09. The van der Waals surface area contributed by atoms with Gasteiger partial charge in [-0.25, -0.2) is 4.98 Å².